The zero-order chi connectivity index (χ0) is 13.7. The van der Waals surface area contributed by atoms with Crippen LogP contribution in [-0.4, -0.2) is 21.1 Å². The highest BCUT2D eigenvalue weighted by atomic mass is 79.9. The third-order valence-electron chi connectivity index (χ3n) is 3.41. The predicted molar refractivity (Wildman–Crippen MR) is 82.5 cm³/mol. The van der Waals surface area contributed by atoms with E-state index in [1.54, 1.807) is 4.52 Å². The Kier molecular flexibility index (Phi) is 5.19. The normalized spacial score (nSPS) is 12.8. The SMILES string of the molecule is CCCCC(CC)CNc1nc2c(Br)cccn2n1. The molecule has 0 saturated heterocycles. The summed E-state index contributed by atoms with van der Waals surface area (Å²) in [5.41, 5.74) is 0.853. The predicted octanol–water partition coefficient (Wildman–Crippen LogP) is 4.12. The average molecular weight is 325 g/mol. The number of hydrogen-bond acceptors (Lipinski definition) is 3. The van der Waals surface area contributed by atoms with E-state index in [-0.39, 0.29) is 0 Å². The number of nitrogens with one attached hydrogen (secondary N) is 1. The summed E-state index contributed by atoms with van der Waals surface area (Å²) in [6, 6.07) is 3.93. The standard InChI is InChI=1S/C14H21BrN4/c1-3-5-7-11(4-2)10-16-14-17-13-12(15)8-6-9-19(13)18-14/h6,8-9,11H,3-5,7,10H2,1-2H3,(H,16,18). The maximum absolute atomic E-state index is 4.49. The maximum Gasteiger partial charge on any atom is 0.243 e. The van der Waals surface area contributed by atoms with Gasteiger partial charge in [0.1, 0.15) is 0 Å². The summed E-state index contributed by atoms with van der Waals surface area (Å²) >= 11 is 3.49. The van der Waals surface area contributed by atoms with E-state index in [1.807, 2.05) is 18.3 Å². The molecule has 0 spiro atoms. The fraction of sp³-hybridized carbons (Fsp3) is 0.571. The molecule has 0 aromatic carbocycles. The van der Waals surface area contributed by atoms with Crippen LogP contribution in [0.2, 0.25) is 0 Å². The first-order valence-corrected chi connectivity index (χ1v) is 7.78. The molecule has 0 saturated carbocycles. The molecule has 2 heterocycles. The molecule has 4 nitrogen and oxygen atoms in total. The highest BCUT2D eigenvalue weighted by Crippen LogP contribution is 2.18. The molecule has 5 heteroatoms. The first-order valence-electron chi connectivity index (χ1n) is 6.99. The molecule has 2 aromatic rings. The van der Waals surface area contributed by atoms with Gasteiger partial charge in [0.2, 0.25) is 5.95 Å². The van der Waals surface area contributed by atoms with E-state index in [0.717, 1.165) is 16.7 Å². The minimum atomic E-state index is 0.704. The van der Waals surface area contributed by atoms with E-state index < -0.39 is 0 Å². The third-order valence-corrected chi connectivity index (χ3v) is 4.03. The Balaban J connectivity index is 1.99. The van der Waals surface area contributed by atoms with Gasteiger partial charge >= 0.3 is 0 Å². The molecule has 0 aliphatic heterocycles. The van der Waals surface area contributed by atoms with Gasteiger partial charge in [-0.15, -0.1) is 5.10 Å². The topological polar surface area (TPSA) is 42.2 Å². The number of nitrogens with zero attached hydrogens (tertiary/aromatic N) is 3. The van der Waals surface area contributed by atoms with Gasteiger partial charge in [-0.05, 0) is 40.4 Å². The summed E-state index contributed by atoms with van der Waals surface area (Å²) in [5.74, 6) is 1.41. The molecule has 104 valence electrons. The number of rotatable bonds is 7. The Morgan fingerprint density at radius 1 is 1.42 bits per heavy atom. The molecule has 0 fully saturated rings. The van der Waals surface area contributed by atoms with Gasteiger partial charge in [0.15, 0.2) is 5.65 Å². The van der Waals surface area contributed by atoms with Crippen LogP contribution in [0.5, 0.6) is 0 Å². The van der Waals surface area contributed by atoms with E-state index in [4.69, 9.17) is 0 Å². The Hall–Kier alpha value is -1.10. The summed E-state index contributed by atoms with van der Waals surface area (Å²) < 4.78 is 2.76. The largest absolute Gasteiger partial charge is 0.353 e. The Morgan fingerprint density at radius 3 is 2.95 bits per heavy atom. The summed E-state index contributed by atoms with van der Waals surface area (Å²) in [7, 11) is 0. The summed E-state index contributed by atoms with van der Waals surface area (Å²) in [4.78, 5) is 4.49. The minimum absolute atomic E-state index is 0.704. The maximum atomic E-state index is 4.49. The highest BCUT2D eigenvalue weighted by Gasteiger charge is 2.09. The lowest BCUT2D eigenvalue weighted by Crippen LogP contribution is -2.14. The van der Waals surface area contributed by atoms with Crippen LogP contribution in [0.1, 0.15) is 39.5 Å². The van der Waals surface area contributed by atoms with E-state index in [1.165, 1.54) is 25.7 Å². The molecule has 1 atom stereocenters. The van der Waals surface area contributed by atoms with Crippen molar-refractivity contribution in [3.05, 3.63) is 22.8 Å². The minimum Gasteiger partial charge on any atom is -0.353 e. The van der Waals surface area contributed by atoms with Gasteiger partial charge in [0.25, 0.3) is 0 Å². The molecule has 19 heavy (non-hydrogen) atoms. The van der Waals surface area contributed by atoms with E-state index >= 15 is 0 Å². The summed E-state index contributed by atoms with van der Waals surface area (Å²) in [6.45, 7) is 5.43. The van der Waals surface area contributed by atoms with Gasteiger partial charge in [-0.3, -0.25) is 0 Å². The first-order chi connectivity index (χ1) is 9.24. The van der Waals surface area contributed by atoms with Crippen molar-refractivity contribution in [1.29, 1.82) is 0 Å². The molecule has 1 N–H and O–H groups in total. The van der Waals surface area contributed by atoms with Gasteiger partial charge < -0.3 is 5.32 Å². The molecule has 0 radical (unpaired) electrons. The smallest absolute Gasteiger partial charge is 0.243 e. The van der Waals surface area contributed by atoms with Gasteiger partial charge in [0, 0.05) is 12.7 Å². The molecular weight excluding hydrogens is 304 g/mol. The van der Waals surface area contributed by atoms with Gasteiger partial charge in [0.05, 0.1) is 4.47 Å². The van der Waals surface area contributed by atoms with E-state index in [2.05, 4.69) is 45.2 Å². The summed E-state index contributed by atoms with van der Waals surface area (Å²) in [5, 5.41) is 7.78. The molecule has 0 aliphatic carbocycles. The zero-order valence-electron chi connectivity index (χ0n) is 11.6. The van der Waals surface area contributed by atoms with Crippen molar-refractivity contribution in [2.45, 2.75) is 39.5 Å². The van der Waals surface area contributed by atoms with Crippen LogP contribution in [0, 0.1) is 5.92 Å². The van der Waals surface area contributed by atoms with Gasteiger partial charge in [-0.25, -0.2) is 4.52 Å². The molecule has 2 rings (SSSR count). The Morgan fingerprint density at radius 2 is 2.26 bits per heavy atom. The lowest BCUT2D eigenvalue weighted by Gasteiger charge is -2.13. The first kappa shape index (κ1) is 14.3. The second kappa shape index (κ2) is 6.89. The fourth-order valence-corrected chi connectivity index (χ4v) is 2.55. The van der Waals surface area contributed by atoms with Crippen LogP contribution in [0.3, 0.4) is 0 Å². The van der Waals surface area contributed by atoms with Gasteiger partial charge in [-0.1, -0.05) is 33.1 Å². The fourth-order valence-electron chi connectivity index (χ4n) is 2.13. The van der Waals surface area contributed by atoms with E-state index in [9.17, 15) is 0 Å². The van der Waals surface area contributed by atoms with Crippen LogP contribution in [0.15, 0.2) is 22.8 Å². The average Bonchev–Trinajstić information content (AvgIpc) is 2.83. The number of pyridine rings is 1. The number of aromatic nitrogens is 3. The van der Waals surface area contributed by atoms with Crippen molar-refractivity contribution in [3.8, 4) is 0 Å². The number of fused-ring (bicyclic) bond motifs is 1. The lowest BCUT2D eigenvalue weighted by atomic mass is 9.99. The molecule has 2 aromatic heterocycles. The van der Waals surface area contributed by atoms with Crippen molar-refractivity contribution in [1.82, 2.24) is 14.6 Å². The van der Waals surface area contributed by atoms with Crippen molar-refractivity contribution >= 4 is 27.5 Å². The van der Waals surface area contributed by atoms with Gasteiger partial charge in [-0.2, -0.15) is 4.98 Å². The number of anilines is 1. The van der Waals surface area contributed by atoms with E-state index in [0.29, 0.717) is 11.9 Å². The highest BCUT2D eigenvalue weighted by molar-refractivity contribution is 9.10. The molecule has 0 amide bonds. The second-order valence-corrected chi connectivity index (χ2v) is 5.71. The number of unbranched alkanes of at least 4 members (excludes halogenated alkanes) is 1. The number of hydrogen-bond donors (Lipinski definition) is 1. The van der Waals surface area contributed by atoms with Crippen molar-refractivity contribution in [2.24, 2.45) is 5.92 Å². The zero-order valence-corrected chi connectivity index (χ0v) is 13.2. The number of halogens is 1. The lowest BCUT2D eigenvalue weighted by molar-refractivity contribution is 0.472. The molecule has 0 bridgehead atoms. The van der Waals surface area contributed by atoms with Crippen LogP contribution < -0.4 is 5.32 Å². The van der Waals surface area contributed by atoms with Crippen molar-refractivity contribution < 1.29 is 0 Å². The third kappa shape index (κ3) is 3.69. The Bertz CT molecular complexity index is 523. The van der Waals surface area contributed by atoms with Crippen LogP contribution in [0.25, 0.3) is 5.65 Å². The van der Waals surface area contributed by atoms with Crippen LogP contribution in [0.4, 0.5) is 5.95 Å². The quantitative estimate of drug-likeness (QED) is 0.833. The van der Waals surface area contributed by atoms with Crippen molar-refractivity contribution in [2.75, 3.05) is 11.9 Å². The van der Waals surface area contributed by atoms with Crippen LogP contribution in [-0.2, 0) is 0 Å². The monoisotopic (exact) mass is 324 g/mol. The molecular formula is C14H21BrN4. The molecule has 0 aliphatic rings. The molecule has 1 unspecified atom stereocenters. The summed E-state index contributed by atoms with van der Waals surface area (Å²) in [6.07, 6.45) is 6.94. The van der Waals surface area contributed by atoms with Crippen molar-refractivity contribution in [3.63, 3.8) is 0 Å². The van der Waals surface area contributed by atoms with Crippen LogP contribution >= 0.6 is 15.9 Å². The Labute approximate surface area is 122 Å². The second-order valence-electron chi connectivity index (χ2n) is 4.86.